The maximum atomic E-state index is 12.3. The van der Waals surface area contributed by atoms with Gasteiger partial charge in [0.2, 0.25) is 5.91 Å². The number of piperidine rings is 1. The number of hydrogen-bond acceptors (Lipinski definition) is 3. The fourth-order valence-corrected chi connectivity index (χ4v) is 3.73. The zero-order valence-electron chi connectivity index (χ0n) is 14.1. The largest absolute Gasteiger partial charge is 0.396 e. The molecule has 1 aliphatic heterocycles. The average molecular weight is 316 g/mol. The van der Waals surface area contributed by atoms with E-state index in [0.717, 1.165) is 45.3 Å². The van der Waals surface area contributed by atoms with Gasteiger partial charge in [-0.05, 0) is 37.8 Å². The van der Waals surface area contributed by atoms with Crippen molar-refractivity contribution in [3.05, 3.63) is 35.9 Å². The van der Waals surface area contributed by atoms with Crippen LogP contribution in [0.25, 0.3) is 0 Å². The van der Waals surface area contributed by atoms with E-state index in [0.29, 0.717) is 6.54 Å². The lowest BCUT2D eigenvalue weighted by Crippen LogP contribution is -2.48. The summed E-state index contributed by atoms with van der Waals surface area (Å²) in [6.07, 6.45) is 4.41. The number of nitrogens with zero attached hydrogens (tertiary/aromatic N) is 1. The lowest BCUT2D eigenvalue weighted by Gasteiger charge is -2.39. The van der Waals surface area contributed by atoms with Crippen LogP contribution in [-0.4, -0.2) is 48.7 Å². The second-order valence-corrected chi connectivity index (χ2v) is 7.71. The summed E-state index contributed by atoms with van der Waals surface area (Å²) in [5.74, 6) is 0.106. The van der Waals surface area contributed by atoms with E-state index >= 15 is 0 Å². The minimum absolute atomic E-state index is 0.0553. The molecule has 2 N–H and O–H groups in total. The Morgan fingerprint density at radius 1 is 1.26 bits per heavy atom. The number of benzene rings is 1. The number of aliphatic hydroxyl groups excluding tert-OH is 1. The van der Waals surface area contributed by atoms with E-state index in [1.165, 1.54) is 5.56 Å². The van der Waals surface area contributed by atoms with Crippen molar-refractivity contribution in [3.8, 4) is 0 Å². The summed E-state index contributed by atoms with van der Waals surface area (Å²) >= 11 is 0. The topological polar surface area (TPSA) is 52.6 Å². The normalized spacial score (nSPS) is 26.7. The summed E-state index contributed by atoms with van der Waals surface area (Å²) in [7, 11) is 0. The lowest BCUT2D eigenvalue weighted by atomic mass is 9.83. The molecule has 1 saturated carbocycles. The summed E-state index contributed by atoms with van der Waals surface area (Å²) < 4.78 is 0. The van der Waals surface area contributed by atoms with E-state index in [4.69, 9.17) is 0 Å². The molecule has 1 unspecified atom stereocenters. The number of likely N-dealkylation sites (tertiary alicyclic amines) is 1. The highest BCUT2D eigenvalue weighted by Crippen LogP contribution is 2.47. The zero-order valence-corrected chi connectivity index (χ0v) is 14.1. The number of nitrogens with one attached hydrogen (secondary N) is 1. The lowest BCUT2D eigenvalue weighted by molar-refractivity contribution is -0.123. The van der Waals surface area contributed by atoms with Crippen molar-refractivity contribution in [1.82, 2.24) is 10.2 Å². The standard InChI is InChI=1S/C19H28N2O2/c1-18(15-22)8-5-11-21(14-18)12-17(23)20-13-19(9-10-19)16-6-3-2-4-7-16/h2-4,6-7,22H,5,8-15H2,1H3,(H,20,23). The number of carbonyl (C=O) groups is 1. The first-order valence-corrected chi connectivity index (χ1v) is 8.71. The van der Waals surface area contributed by atoms with Crippen LogP contribution in [0.3, 0.4) is 0 Å². The number of hydrogen-bond donors (Lipinski definition) is 2. The van der Waals surface area contributed by atoms with Crippen molar-refractivity contribution in [1.29, 1.82) is 0 Å². The van der Waals surface area contributed by atoms with Crippen LogP contribution in [0.1, 0.15) is 38.2 Å². The highest BCUT2D eigenvalue weighted by molar-refractivity contribution is 5.78. The fraction of sp³-hybridized carbons (Fsp3) is 0.632. The summed E-state index contributed by atoms with van der Waals surface area (Å²) in [6, 6.07) is 10.5. The van der Waals surface area contributed by atoms with E-state index in [2.05, 4.69) is 41.4 Å². The zero-order chi connectivity index (χ0) is 16.3. The highest BCUT2D eigenvalue weighted by atomic mass is 16.3. The van der Waals surface area contributed by atoms with Crippen LogP contribution < -0.4 is 5.32 Å². The molecular formula is C19H28N2O2. The summed E-state index contributed by atoms with van der Waals surface area (Å²) in [5, 5.41) is 12.7. The Bertz CT molecular complexity index is 542. The summed E-state index contributed by atoms with van der Waals surface area (Å²) in [5.41, 5.74) is 1.45. The molecule has 0 bridgehead atoms. The Hall–Kier alpha value is -1.39. The molecule has 2 fully saturated rings. The molecule has 23 heavy (non-hydrogen) atoms. The maximum absolute atomic E-state index is 12.3. The van der Waals surface area contributed by atoms with Gasteiger partial charge >= 0.3 is 0 Å². The molecule has 0 spiro atoms. The number of amides is 1. The van der Waals surface area contributed by atoms with Gasteiger partial charge in [0, 0.05) is 30.5 Å². The van der Waals surface area contributed by atoms with E-state index in [1.54, 1.807) is 0 Å². The van der Waals surface area contributed by atoms with Crippen LogP contribution in [0.4, 0.5) is 0 Å². The van der Waals surface area contributed by atoms with E-state index in [1.807, 2.05) is 6.07 Å². The van der Waals surface area contributed by atoms with Gasteiger partial charge in [0.25, 0.3) is 0 Å². The first-order valence-electron chi connectivity index (χ1n) is 8.71. The minimum Gasteiger partial charge on any atom is -0.396 e. The summed E-state index contributed by atoms with van der Waals surface area (Å²) in [6.45, 7) is 5.24. The number of aliphatic hydroxyl groups is 1. The van der Waals surface area contributed by atoms with Gasteiger partial charge in [-0.3, -0.25) is 9.69 Å². The van der Waals surface area contributed by atoms with Gasteiger partial charge in [0.15, 0.2) is 0 Å². The van der Waals surface area contributed by atoms with Crippen molar-refractivity contribution in [2.24, 2.45) is 5.41 Å². The molecule has 1 aromatic rings. The average Bonchev–Trinajstić information content (AvgIpc) is 3.35. The molecule has 3 rings (SSSR count). The Balaban J connectivity index is 1.49. The molecule has 1 atom stereocenters. The van der Waals surface area contributed by atoms with Gasteiger partial charge < -0.3 is 10.4 Å². The van der Waals surface area contributed by atoms with E-state index in [9.17, 15) is 9.90 Å². The monoisotopic (exact) mass is 316 g/mol. The van der Waals surface area contributed by atoms with Gasteiger partial charge in [-0.25, -0.2) is 0 Å². The van der Waals surface area contributed by atoms with Crippen LogP contribution in [-0.2, 0) is 10.2 Å². The van der Waals surface area contributed by atoms with Crippen LogP contribution in [0, 0.1) is 5.41 Å². The van der Waals surface area contributed by atoms with Crippen LogP contribution in [0.15, 0.2) is 30.3 Å². The second kappa shape index (κ2) is 6.62. The SMILES string of the molecule is CC1(CO)CCCN(CC(=O)NCC2(c3ccccc3)CC2)C1. The Morgan fingerprint density at radius 3 is 2.65 bits per heavy atom. The predicted octanol–water partition coefficient (Wildman–Crippen LogP) is 1.93. The number of rotatable bonds is 6. The molecule has 126 valence electrons. The third-order valence-electron chi connectivity index (χ3n) is 5.47. The van der Waals surface area contributed by atoms with Crippen LogP contribution >= 0.6 is 0 Å². The number of carbonyl (C=O) groups excluding carboxylic acids is 1. The smallest absolute Gasteiger partial charge is 0.234 e. The third-order valence-corrected chi connectivity index (χ3v) is 5.47. The third kappa shape index (κ3) is 3.93. The first kappa shape index (κ1) is 16.5. The first-order chi connectivity index (χ1) is 11.1. The Morgan fingerprint density at radius 2 is 2.00 bits per heavy atom. The second-order valence-electron chi connectivity index (χ2n) is 7.71. The van der Waals surface area contributed by atoms with Crippen LogP contribution in [0.2, 0.25) is 0 Å². The van der Waals surface area contributed by atoms with E-state index in [-0.39, 0.29) is 23.3 Å². The predicted molar refractivity (Wildman–Crippen MR) is 91.2 cm³/mol. The molecule has 1 aromatic carbocycles. The van der Waals surface area contributed by atoms with Crippen molar-refractivity contribution in [2.45, 2.75) is 38.0 Å². The summed E-state index contributed by atoms with van der Waals surface area (Å²) in [4.78, 5) is 14.5. The van der Waals surface area contributed by atoms with Crippen LogP contribution in [0.5, 0.6) is 0 Å². The van der Waals surface area contributed by atoms with Gasteiger partial charge in [0.05, 0.1) is 6.54 Å². The molecule has 2 aliphatic rings. The molecule has 1 aliphatic carbocycles. The van der Waals surface area contributed by atoms with Gasteiger partial charge in [0.1, 0.15) is 0 Å². The molecule has 1 heterocycles. The van der Waals surface area contributed by atoms with Crippen molar-refractivity contribution >= 4 is 5.91 Å². The van der Waals surface area contributed by atoms with Gasteiger partial charge in [-0.1, -0.05) is 37.3 Å². The molecule has 1 saturated heterocycles. The molecule has 0 aromatic heterocycles. The van der Waals surface area contributed by atoms with Crippen molar-refractivity contribution < 1.29 is 9.90 Å². The maximum Gasteiger partial charge on any atom is 0.234 e. The molecule has 1 amide bonds. The van der Waals surface area contributed by atoms with Gasteiger partial charge in [-0.15, -0.1) is 0 Å². The Kier molecular flexibility index (Phi) is 4.74. The molecule has 4 heteroatoms. The molecule has 4 nitrogen and oxygen atoms in total. The molecule has 0 radical (unpaired) electrons. The van der Waals surface area contributed by atoms with E-state index < -0.39 is 0 Å². The fourth-order valence-electron chi connectivity index (χ4n) is 3.73. The minimum atomic E-state index is -0.0553. The van der Waals surface area contributed by atoms with Gasteiger partial charge in [-0.2, -0.15) is 0 Å². The Labute approximate surface area is 138 Å². The molecular weight excluding hydrogens is 288 g/mol. The van der Waals surface area contributed by atoms with Crippen molar-refractivity contribution in [2.75, 3.05) is 32.8 Å². The van der Waals surface area contributed by atoms with Crippen molar-refractivity contribution in [3.63, 3.8) is 0 Å². The quantitative estimate of drug-likeness (QED) is 0.843. The highest BCUT2D eigenvalue weighted by Gasteiger charge is 2.44.